The van der Waals surface area contributed by atoms with Crippen LogP contribution in [0.2, 0.25) is 5.02 Å². The normalized spacial score (nSPS) is 12.5. The van der Waals surface area contributed by atoms with Gasteiger partial charge in [-0.1, -0.05) is 54.1 Å². The van der Waals surface area contributed by atoms with Crippen LogP contribution >= 0.6 is 11.6 Å². The minimum absolute atomic E-state index is 0.0180. The zero-order chi connectivity index (χ0) is 17.1. The molecule has 0 atom stereocenters. The number of hydrogen-bond donors (Lipinski definition) is 1. The van der Waals surface area contributed by atoms with Gasteiger partial charge in [0.2, 0.25) is 0 Å². The van der Waals surface area contributed by atoms with E-state index in [0.29, 0.717) is 27.5 Å². The average molecular weight is 346 g/mol. The Bertz CT molecular complexity index is 1190. The third kappa shape index (κ3) is 1.86. The fourth-order valence-electron chi connectivity index (χ4n) is 3.57. The highest BCUT2D eigenvalue weighted by molar-refractivity contribution is 6.35. The maximum atomic E-state index is 13.2. The topological polar surface area (TPSA) is 58.6 Å². The maximum Gasteiger partial charge on any atom is 0.196 e. The Hall–Kier alpha value is -2.98. The average Bonchev–Trinajstić information content (AvgIpc) is 3.14. The van der Waals surface area contributed by atoms with Gasteiger partial charge in [0.1, 0.15) is 0 Å². The first-order valence-electron chi connectivity index (χ1n) is 7.94. The van der Waals surface area contributed by atoms with Crippen molar-refractivity contribution in [3.63, 3.8) is 0 Å². The first-order chi connectivity index (χ1) is 12.2. The molecular weight excluding hydrogens is 334 g/mol. The summed E-state index contributed by atoms with van der Waals surface area (Å²) in [5.74, 6) is -0.0180. The first-order valence-corrected chi connectivity index (χ1v) is 8.32. The summed E-state index contributed by atoms with van der Waals surface area (Å²) in [6, 6.07) is 15.1. The van der Waals surface area contributed by atoms with E-state index < -0.39 is 0 Å². The van der Waals surface area contributed by atoms with Gasteiger partial charge in [-0.3, -0.25) is 9.89 Å². The molecule has 0 saturated heterocycles. The Balaban J connectivity index is 2.00. The van der Waals surface area contributed by atoms with Gasteiger partial charge in [-0.2, -0.15) is 5.10 Å². The van der Waals surface area contributed by atoms with E-state index in [4.69, 9.17) is 11.6 Å². The predicted octanol–water partition coefficient (Wildman–Crippen LogP) is 4.80. The maximum absolute atomic E-state index is 13.2. The molecule has 2 heterocycles. The molecule has 2 aromatic carbocycles. The van der Waals surface area contributed by atoms with Crippen LogP contribution in [0.5, 0.6) is 0 Å². The van der Waals surface area contributed by atoms with Crippen molar-refractivity contribution >= 4 is 28.4 Å². The lowest BCUT2D eigenvalue weighted by atomic mass is 9.94. The second-order valence-electron chi connectivity index (χ2n) is 6.11. The van der Waals surface area contributed by atoms with E-state index in [-0.39, 0.29) is 5.78 Å². The van der Waals surface area contributed by atoms with Crippen LogP contribution in [0.15, 0.2) is 48.5 Å². The van der Waals surface area contributed by atoms with Gasteiger partial charge in [0, 0.05) is 33.0 Å². The van der Waals surface area contributed by atoms with Crippen LogP contribution in [0, 0.1) is 6.92 Å². The SMILES string of the molecule is Cc1[nH]nc2nc3c(c(-c4ccccc4Cl)c12)C(=O)c1ccccc1-3. The molecular formula is C20H12ClN3O. The molecule has 0 unspecified atom stereocenters. The van der Waals surface area contributed by atoms with Crippen LogP contribution in [-0.4, -0.2) is 21.0 Å². The Morgan fingerprint density at radius 1 is 0.920 bits per heavy atom. The van der Waals surface area contributed by atoms with Crippen molar-refractivity contribution < 1.29 is 4.79 Å². The van der Waals surface area contributed by atoms with Crippen LogP contribution in [0.4, 0.5) is 0 Å². The summed E-state index contributed by atoms with van der Waals surface area (Å²) in [6.07, 6.45) is 0. The molecule has 0 amide bonds. The molecule has 0 bridgehead atoms. The van der Waals surface area contributed by atoms with E-state index in [9.17, 15) is 4.79 Å². The van der Waals surface area contributed by atoms with Crippen LogP contribution in [-0.2, 0) is 0 Å². The largest absolute Gasteiger partial charge is 0.288 e. The summed E-state index contributed by atoms with van der Waals surface area (Å²) in [4.78, 5) is 17.8. The van der Waals surface area contributed by atoms with E-state index >= 15 is 0 Å². The zero-order valence-electron chi connectivity index (χ0n) is 13.3. The number of carbonyl (C=O) groups excluding carboxylic acids is 1. The minimum atomic E-state index is -0.0180. The number of nitrogens with zero attached hydrogens (tertiary/aromatic N) is 2. The summed E-state index contributed by atoms with van der Waals surface area (Å²) in [7, 11) is 0. The highest BCUT2D eigenvalue weighted by Crippen LogP contribution is 2.45. The number of ketones is 1. The van der Waals surface area contributed by atoms with Gasteiger partial charge in [-0.25, -0.2) is 4.98 Å². The smallest absolute Gasteiger partial charge is 0.196 e. The van der Waals surface area contributed by atoms with Crippen LogP contribution in [0.25, 0.3) is 33.4 Å². The second-order valence-corrected chi connectivity index (χ2v) is 6.52. The van der Waals surface area contributed by atoms with E-state index in [1.165, 1.54) is 0 Å². The Morgan fingerprint density at radius 3 is 2.36 bits per heavy atom. The number of halogens is 1. The molecule has 0 saturated carbocycles. The quantitative estimate of drug-likeness (QED) is 0.475. The minimum Gasteiger partial charge on any atom is -0.288 e. The monoisotopic (exact) mass is 345 g/mol. The van der Waals surface area contributed by atoms with E-state index in [2.05, 4.69) is 15.2 Å². The molecule has 4 nitrogen and oxygen atoms in total. The number of hydrogen-bond acceptors (Lipinski definition) is 3. The summed E-state index contributed by atoms with van der Waals surface area (Å²) in [5, 5.41) is 8.74. The van der Waals surface area contributed by atoms with Crippen molar-refractivity contribution in [2.75, 3.05) is 0 Å². The van der Waals surface area contributed by atoms with Gasteiger partial charge in [0.15, 0.2) is 11.4 Å². The molecule has 1 aliphatic carbocycles. The van der Waals surface area contributed by atoms with Gasteiger partial charge < -0.3 is 0 Å². The summed E-state index contributed by atoms with van der Waals surface area (Å²) >= 11 is 6.48. The molecule has 0 spiro atoms. The molecule has 4 aromatic rings. The second kappa shape index (κ2) is 5.01. The number of pyridine rings is 1. The van der Waals surface area contributed by atoms with E-state index in [1.807, 2.05) is 55.5 Å². The number of carbonyl (C=O) groups is 1. The molecule has 0 radical (unpaired) electrons. The number of benzene rings is 2. The molecule has 0 aliphatic heterocycles. The summed E-state index contributed by atoms with van der Waals surface area (Å²) < 4.78 is 0. The first kappa shape index (κ1) is 14.4. The number of H-pyrrole nitrogens is 1. The van der Waals surface area contributed by atoms with Gasteiger partial charge >= 0.3 is 0 Å². The number of aromatic amines is 1. The third-order valence-corrected chi connectivity index (χ3v) is 5.01. The van der Waals surface area contributed by atoms with Crippen LogP contribution < -0.4 is 0 Å². The van der Waals surface area contributed by atoms with Crippen molar-refractivity contribution in [1.29, 1.82) is 0 Å². The van der Waals surface area contributed by atoms with Crippen molar-refractivity contribution in [3.05, 3.63) is 70.4 Å². The lowest BCUT2D eigenvalue weighted by molar-refractivity contribution is 0.104. The molecule has 120 valence electrons. The van der Waals surface area contributed by atoms with Crippen molar-refractivity contribution in [3.8, 4) is 22.4 Å². The molecule has 2 aromatic heterocycles. The molecule has 0 fully saturated rings. The van der Waals surface area contributed by atoms with Crippen LogP contribution in [0.1, 0.15) is 21.6 Å². The lowest BCUT2D eigenvalue weighted by Gasteiger charge is -2.11. The highest BCUT2D eigenvalue weighted by Gasteiger charge is 2.33. The molecule has 5 heteroatoms. The lowest BCUT2D eigenvalue weighted by Crippen LogP contribution is -2.01. The Labute approximate surface area is 148 Å². The fourth-order valence-corrected chi connectivity index (χ4v) is 3.80. The van der Waals surface area contributed by atoms with Gasteiger partial charge in [-0.05, 0) is 13.0 Å². The fraction of sp³-hybridized carbons (Fsp3) is 0.0500. The van der Waals surface area contributed by atoms with E-state index in [1.54, 1.807) is 0 Å². The molecule has 1 aliphatic rings. The van der Waals surface area contributed by atoms with Crippen molar-refractivity contribution in [2.24, 2.45) is 0 Å². The highest BCUT2D eigenvalue weighted by atomic mass is 35.5. The summed E-state index contributed by atoms with van der Waals surface area (Å²) in [6.45, 7) is 1.93. The number of nitrogens with one attached hydrogen (secondary N) is 1. The summed E-state index contributed by atoms with van der Waals surface area (Å²) in [5.41, 5.74) is 5.88. The Kier molecular flexibility index (Phi) is 2.88. The zero-order valence-corrected chi connectivity index (χ0v) is 14.1. The number of rotatable bonds is 1. The van der Waals surface area contributed by atoms with Gasteiger partial charge in [0.05, 0.1) is 16.6 Å². The molecule has 5 rings (SSSR count). The Morgan fingerprint density at radius 2 is 1.60 bits per heavy atom. The number of fused-ring (bicyclic) bond motifs is 4. The molecule has 25 heavy (non-hydrogen) atoms. The predicted molar refractivity (Wildman–Crippen MR) is 97.9 cm³/mol. The molecule has 1 N–H and O–H groups in total. The van der Waals surface area contributed by atoms with Crippen molar-refractivity contribution in [2.45, 2.75) is 6.92 Å². The van der Waals surface area contributed by atoms with E-state index in [0.717, 1.165) is 27.8 Å². The standard InChI is InChI=1S/C20H12ClN3O/c1-10-15-16(13-8-4-5-9-14(13)21)17-18(22-20(15)24-23-10)11-6-2-3-7-12(11)19(17)25/h2-9H,1H3,(H,22,23,24). The third-order valence-electron chi connectivity index (χ3n) is 4.68. The number of aromatic nitrogens is 3. The van der Waals surface area contributed by atoms with Crippen molar-refractivity contribution in [1.82, 2.24) is 15.2 Å². The van der Waals surface area contributed by atoms with Crippen LogP contribution in [0.3, 0.4) is 0 Å². The number of aryl methyl sites for hydroxylation is 1. The van der Waals surface area contributed by atoms with Gasteiger partial charge in [-0.15, -0.1) is 0 Å². The van der Waals surface area contributed by atoms with Gasteiger partial charge in [0.25, 0.3) is 0 Å².